The molecule has 2 aliphatic heterocycles. The summed E-state index contributed by atoms with van der Waals surface area (Å²) in [5, 5.41) is 8.63. The number of nitrogens with one attached hydrogen (secondary N) is 1. The Hall–Kier alpha value is -4.40. The third-order valence-corrected chi connectivity index (χ3v) is 6.36. The number of nitrogens with zero attached hydrogens (tertiary/aromatic N) is 3. The number of hydrazone groups is 1. The Balaban J connectivity index is 1.42. The molecule has 4 amide bonds. The lowest BCUT2D eigenvalue weighted by atomic mass is 9.98. The molecule has 1 saturated heterocycles. The first-order valence-electron chi connectivity index (χ1n) is 11.2. The van der Waals surface area contributed by atoms with E-state index in [-0.39, 0.29) is 6.04 Å². The summed E-state index contributed by atoms with van der Waals surface area (Å²) >= 11 is 0. The maximum Gasteiger partial charge on any atom is 0.325 e. The fourth-order valence-corrected chi connectivity index (χ4v) is 4.41. The van der Waals surface area contributed by atoms with Crippen molar-refractivity contribution in [3.05, 3.63) is 89.9 Å². The van der Waals surface area contributed by atoms with E-state index < -0.39 is 29.9 Å². The normalized spacial score (nSPS) is 21.8. The smallest absolute Gasteiger partial charge is 0.325 e. The Morgan fingerprint density at radius 3 is 2.51 bits per heavy atom. The van der Waals surface area contributed by atoms with Crippen molar-refractivity contribution in [3.8, 4) is 5.75 Å². The number of carbonyl (C=O) groups excluding carboxylic acids is 3. The Labute approximate surface area is 202 Å². The van der Waals surface area contributed by atoms with E-state index in [1.807, 2.05) is 54.6 Å². The molecule has 1 aromatic heterocycles. The van der Waals surface area contributed by atoms with Gasteiger partial charge in [-0.05, 0) is 42.3 Å². The molecule has 0 radical (unpaired) electrons. The molecule has 0 aliphatic carbocycles. The van der Waals surface area contributed by atoms with Crippen molar-refractivity contribution in [3.63, 3.8) is 0 Å². The molecule has 9 nitrogen and oxygen atoms in total. The van der Waals surface area contributed by atoms with Gasteiger partial charge >= 0.3 is 6.03 Å². The standard InChI is InChI=1S/C26H24N4O5/c1-26(22-9-6-14-35-22)24(32)29(25(33)27-26)16-23(31)30-21(18-10-12-19(34-2)13-11-18)15-20(28-30)17-7-4-3-5-8-17/h3-14,21H,15-16H2,1-2H3,(H,27,33)/t21-,26-/m0/s1. The molecule has 3 aromatic rings. The summed E-state index contributed by atoms with van der Waals surface area (Å²) in [4.78, 5) is 40.2. The highest BCUT2D eigenvalue weighted by atomic mass is 16.5. The van der Waals surface area contributed by atoms with Crippen molar-refractivity contribution in [2.24, 2.45) is 5.10 Å². The van der Waals surface area contributed by atoms with Gasteiger partial charge in [-0.3, -0.25) is 14.5 Å². The van der Waals surface area contributed by atoms with Gasteiger partial charge in [0.2, 0.25) is 0 Å². The van der Waals surface area contributed by atoms with Gasteiger partial charge in [-0.2, -0.15) is 5.10 Å². The molecule has 178 valence electrons. The Morgan fingerprint density at radius 2 is 1.86 bits per heavy atom. The van der Waals surface area contributed by atoms with Crippen LogP contribution in [0, 0.1) is 0 Å². The van der Waals surface area contributed by atoms with Crippen LogP contribution in [0.5, 0.6) is 5.75 Å². The summed E-state index contributed by atoms with van der Waals surface area (Å²) in [6, 6.07) is 19.2. The van der Waals surface area contributed by atoms with E-state index in [1.54, 1.807) is 26.2 Å². The lowest BCUT2D eigenvalue weighted by molar-refractivity contribution is -0.140. The molecule has 1 N–H and O–H groups in total. The highest BCUT2D eigenvalue weighted by Crippen LogP contribution is 2.35. The lowest BCUT2D eigenvalue weighted by Crippen LogP contribution is -2.43. The number of hydrogen-bond donors (Lipinski definition) is 1. The van der Waals surface area contributed by atoms with Crippen LogP contribution in [0.2, 0.25) is 0 Å². The highest BCUT2D eigenvalue weighted by molar-refractivity contribution is 6.09. The van der Waals surface area contributed by atoms with E-state index in [0.29, 0.717) is 17.9 Å². The van der Waals surface area contributed by atoms with Gasteiger partial charge in [-0.1, -0.05) is 42.5 Å². The Bertz CT molecular complexity index is 1290. The number of furan rings is 1. The first kappa shape index (κ1) is 22.4. The molecule has 2 atom stereocenters. The van der Waals surface area contributed by atoms with E-state index in [1.165, 1.54) is 11.3 Å². The SMILES string of the molecule is COc1ccc([C@@H]2CC(c3ccccc3)=NN2C(=O)CN2C(=O)N[C@@](C)(c3ccco3)C2=O)cc1. The second-order valence-electron chi connectivity index (χ2n) is 8.57. The van der Waals surface area contributed by atoms with Gasteiger partial charge in [-0.25, -0.2) is 9.80 Å². The number of imide groups is 1. The van der Waals surface area contributed by atoms with Crippen LogP contribution in [0.15, 0.2) is 82.5 Å². The highest BCUT2D eigenvalue weighted by Gasteiger charge is 2.52. The average Bonchev–Trinajstić information content (AvgIpc) is 3.62. The zero-order chi connectivity index (χ0) is 24.6. The lowest BCUT2D eigenvalue weighted by Gasteiger charge is -2.24. The second-order valence-corrected chi connectivity index (χ2v) is 8.57. The van der Waals surface area contributed by atoms with Crippen molar-refractivity contribution < 1.29 is 23.5 Å². The fraction of sp³-hybridized carbons (Fsp3) is 0.231. The van der Waals surface area contributed by atoms with E-state index in [9.17, 15) is 14.4 Å². The van der Waals surface area contributed by atoms with E-state index in [0.717, 1.165) is 21.7 Å². The molecule has 5 rings (SSSR count). The van der Waals surface area contributed by atoms with Crippen LogP contribution in [0.4, 0.5) is 4.79 Å². The monoisotopic (exact) mass is 472 g/mol. The summed E-state index contributed by atoms with van der Waals surface area (Å²) in [5.41, 5.74) is 1.14. The Morgan fingerprint density at radius 1 is 1.11 bits per heavy atom. The van der Waals surface area contributed by atoms with Crippen LogP contribution in [-0.4, -0.2) is 47.1 Å². The van der Waals surface area contributed by atoms with Gasteiger partial charge < -0.3 is 14.5 Å². The summed E-state index contributed by atoms with van der Waals surface area (Å²) in [6.45, 7) is 1.11. The predicted octanol–water partition coefficient (Wildman–Crippen LogP) is 3.43. The maximum atomic E-state index is 13.5. The van der Waals surface area contributed by atoms with Crippen molar-refractivity contribution in [2.45, 2.75) is 24.9 Å². The number of amides is 4. The topological polar surface area (TPSA) is 104 Å². The predicted molar refractivity (Wildman–Crippen MR) is 126 cm³/mol. The number of hydrogen-bond acceptors (Lipinski definition) is 6. The summed E-state index contributed by atoms with van der Waals surface area (Å²) in [6.07, 6.45) is 1.92. The molecule has 0 spiro atoms. The number of methoxy groups -OCH3 is 1. The zero-order valence-corrected chi connectivity index (χ0v) is 19.3. The largest absolute Gasteiger partial charge is 0.497 e. The molecular weight excluding hydrogens is 448 g/mol. The van der Waals surface area contributed by atoms with E-state index in [4.69, 9.17) is 9.15 Å². The van der Waals surface area contributed by atoms with Crippen molar-refractivity contribution in [1.29, 1.82) is 0 Å². The molecule has 35 heavy (non-hydrogen) atoms. The molecule has 1 fully saturated rings. The van der Waals surface area contributed by atoms with Crippen LogP contribution >= 0.6 is 0 Å². The molecule has 0 unspecified atom stereocenters. The Kier molecular flexibility index (Phi) is 5.60. The third-order valence-electron chi connectivity index (χ3n) is 6.36. The summed E-state index contributed by atoms with van der Waals surface area (Å²) in [5.74, 6) is -0.0277. The van der Waals surface area contributed by atoms with E-state index >= 15 is 0 Å². The maximum absolute atomic E-state index is 13.5. The number of carbonyl (C=O) groups is 3. The van der Waals surface area contributed by atoms with Crippen molar-refractivity contribution >= 4 is 23.6 Å². The molecule has 2 aliphatic rings. The minimum absolute atomic E-state index is 0.299. The minimum atomic E-state index is -1.38. The van der Waals surface area contributed by atoms with Crippen molar-refractivity contribution in [1.82, 2.24) is 15.2 Å². The molecule has 0 bridgehead atoms. The van der Waals surface area contributed by atoms with Crippen LogP contribution in [0.3, 0.4) is 0 Å². The van der Waals surface area contributed by atoms with Crippen molar-refractivity contribution in [2.75, 3.05) is 13.7 Å². The molecule has 3 heterocycles. The molecule has 0 saturated carbocycles. The molecule has 9 heteroatoms. The number of urea groups is 1. The fourth-order valence-electron chi connectivity index (χ4n) is 4.41. The van der Waals surface area contributed by atoms with Gasteiger partial charge in [0.1, 0.15) is 18.1 Å². The van der Waals surface area contributed by atoms with Crippen LogP contribution in [0.1, 0.15) is 36.3 Å². The second kappa shape index (κ2) is 8.75. The van der Waals surface area contributed by atoms with Gasteiger partial charge in [0, 0.05) is 6.42 Å². The molecule has 2 aromatic carbocycles. The quantitative estimate of drug-likeness (QED) is 0.554. The van der Waals surface area contributed by atoms with Crippen LogP contribution < -0.4 is 10.1 Å². The average molecular weight is 473 g/mol. The third kappa shape index (κ3) is 3.95. The number of ether oxygens (including phenoxy) is 1. The van der Waals surface area contributed by atoms with Gasteiger partial charge in [0.25, 0.3) is 11.8 Å². The molecular formula is C26H24N4O5. The van der Waals surface area contributed by atoms with Gasteiger partial charge in [0.15, 0.2) is 5.54 Å². The first-order chi connectivity index (χ1) is 16.9. The van der Waals surface area contributed by atoms with Gasteiger partial charge in [-0.15, -0.1) is 0 Å². The number of benzene rings is 2. The number of rotatable bonds is 6. The first-order valence-corrected chi connectivity index (χ1v) is 11.2. The van der Waals surface area contributed by atoms with Crippen LogP contribution in [-0.2, 0) is 15.1 Å². The minimum Gasteiger partial charge on any atom is -0.497 e. The summed E-state index contributed by atoms with van der Waals surface area (Å²) in [7, 11) is 1.59. The summed E-state index contributed by atoms with van der Waals surface area (Å²) < 4.78 is 10.6. The van der Waals surface area contributed by atoms with E-state index in [2.05, 4.69) is 10.4 Å². The zero-order valence-electron chi connectivity index (χ0n) is 19.3. The van der Waals surface area contributed by atoms with Gasteiger partial charge in [0.05, 0.1) is 25.1 Å². The van der Waals surface area contributed by atoms with Crippen LogP contribution in [0.25, 0.3) is 0 Å².